The zero-order valence-electron chi connectivity index (χ0n) is 13.7. The fraction of sp³-hybridized carbons (Fsp3) is 0.333. The molecule has 1 atom stereocenters. The number of nitrogens with zero attached hydrogens (tertiary/aromatic N) is 2. The molecule has 1 aromatic heterocycles. The van der Waals surface area contributed by atoms with Gasteiger partial charge in [0.15, 0.2) is 0 Å². The summed E-state index contributed by atoms with van der Waals surface area (Å²) < 4.78 is 1.52. The quantitative estimate of drug-likeness (QED) is 0.884. The summed E-state index contributed by atoms with van der Waals surface area (Å²) in [7, 11) is 0. The maximum atomic E-state index is 12.7. The third-order valence-corrected chi connectivity index (χ3v) is 4.81. The second kappa shape index (κ2) is 8.52. The monoisotopic (exact) mass is 381 g/mol. The van der Waals surface area contributed by atoms with E-state index in [9.17, 15) is 9.59 Å². The lowest BCUT2D eigenvalue weighted by atomic mass is 10.2. The summed E-state index contributed by atoms with van der Waals surface area (Å²) in [4.78, 5) is 26.7. The van der Waals surface area contributed by atoms with Crippen molar-refractivity contribution in [3.05, 3.63) is 69.1 Å². The molecule has 0 aliphatic carbocycles. The lowest BCUT2D eigenvalue weighted by Gasteiger charge is -2.23. The van der Waals surface area contributed by atoms with Crippen LogP contribution in [0, 0.1) is 0 Å². The Labute approximate surface area is 157 Å². The first-order valence-corrected chi connectivity index (χ1v) is 8.43. The zero-order chi connectivity index (χ0) is 17.1. The molecule has 1 aromatic carbocycles. The molecule has 1 aliphatic rings. The fourth-order valence-electron chi connectivity index (χ4n) is 3.11. The van der Waals surface area contributed by atoms with Crippen LogP contribution in [0.25, 0.3) is 0 Å². The van der Waals surface area contributed by atoms with E-state index in [2.05, 4.69) is 0 Å². The lowest BCUT2D eigenvalue weighted by molar-refractivity contribution is 0.0740. The van der Waals surface area contributed by atoms with Crippen LogP contribution < -0.4 is 11.3 Å². The highest BCUT2D eigenvalue weighted by molar-refractivity contribution is 6.31. The standard InChI is InChI=1S/C18H20ClN3O2.ClH/c19-16-6-2-1-4-13(16)11-21-12-14(7-8-17(21)23)18(24)22-9-3-5-15(22)10-20;/h1-2,4,6-8,12,15H,3,5,9-11,20H2;1H. The second-order valence-corrected chi connectivity index (χ2v) is 6.41. The Kier molecular flexibility index (Phi) is 6.64. The van der Waals surface area contributed by atoms with Gasteiger partial charge in [0.1, 0.15) is 0 Å². The summed E-state index contributed by atoms with van der Waals surface area (Å²) in [5.41, 5.74) is 6.93. The second-order valence-electron chi connectivity index (χ2n) is 6.01. The molecule has 2 heterocycles. The molecule has 3 rings (SSSR count). The van der Waals surface area contributed by atoms with E-state index in [1.807, 2.05) is 18.2 Å². The number of halogens is 2. The van der Waals surface area contributed by atoms with Gasteiger partial charge in [-0.25, -0.2) is 0 Å². The van der Waals surface area contributed by atoms with Crippen molar-refractivity contribution in [1.29, 1.82) is 0 Å². The Morgan fingerprint density at radius 2 is 2.00 bits per heavy atom. The van der Waals surface area contributed by atoms with Gasteiger partial charge in [-0.15, -0.1) is 12.4 Å². The summed E-state index contributed by atoms with van der Waals surface area (Å²) in [5, 5.41) is 0.601. The van der Waals surface area contributed by atoms with E-state index in [-0.39, 0.29) is 29.9 Å². The molecule has 1 fully saturated rings. The molecular formula is C18H21Cl2N3O2. The minimum Gasteiger partial charge on any atom is -0.334 e. The van der Waals surface area contributed by atoms with E-state index in [4.69, 9.17) is 17.3 Å². The number of nitrogens with two attached hydrogens (primary N) is 1. The van der Waals surface area contributed by atoms with Gasteiger partial charge in [0.05, 0.1) is 12.1 Å². The van der Waals surface area contributed by atoms with Crippen LogP contribution in [0.1, 0.15) is 28.8 Å². The molecule has 1 aliphatic heterocycles. The summed E-state index contributed by atoms with van der Waals surface area (Å²) in [6, 6.07) is 10.5. The third-order valence-electron chi connectivity index (χ3n) is 4.44. The van der Waals surface area contributed by atoms with Crippen LogP contribution in [0.3, 0.4) is 0 Å². The Bertz CT molecular complexity index is 807. The molecule has 7 heteroatoms. The smallest absolute Gasteiger partial charge is 0.255 e. The molecule has 0 saturated carbocycles. The van der Waals surface area contributed by atoms with Gasteiger partial charge in [-0.1, -0.05) is 29.8 Å². The fourth-order valence-corrected chi connectivity index (χ4v) is 3.30. The number of carbonyl (C=O) groups is 1. The first-order valence-electron chi connectivity index (χ1n) is 8.05. The highest BCUT2D eigenvalue weighted by atomic mass is 35.5. The number of benzene rings is 1. The first-order chi connectivity index (χ1) is 11.6. The zero-order valence-corrected chi connectivity index (χ0v) is 15.3. The molecule has 1 unspecified atom stereocenters. The number of amides is 1. The van der Waals surface area contributed by atoms with E-state index < -0.39 is 0 Å². The Morgan fingerprint density at radius 1 is 1.24 bits per heavy atom. The maximum Gasteiger partial charge on any atom is 0.255 e. The van der Waals surface area contributed by atoms with Crippen LogP contribution in [-0.4, -0.2) is 34.5 Å². The highest BCUT2D eigenvalue weighted by Gasteiger charge is 2.28. The van der Waals surface area contributed by atoms with Gasteiger partial charge < -0.3 is 15.2 Å². The topological polar surface area (TPSA) is 68.3 Å². The third kappa shape index (κ3) is 4.24. The number of aromatic nitrogens is 1. The van der Waals surface area contributed by atoms with Crippen LogP contribution in [0.15, 0.2) is 47.4 Å². The molecule has 0 bridgehead atoms. The number of likely N-dealkylation sites (tertiary alicyclic amines) is 1. The summed E-state index contributed by atoms with van der Waals surface area (Å²) in [5.74, 6) is -0.0733. The highest BCUT2D eigenvalue weighted by Crippen LogP contribution is 2.19. The molecule has 1 amide bonds. The maximum absolute atomic E-state index is 12.7. The van der Waals surface area contributed by atoms with E-state index in [0.717, 1.165) is 18.4 Å². The van der Waals surface area contributed by atoms with Crippen molar-refractivity contribution >= 4 is 29.9 Å². The SMILES string of the molecule is Cl.NCC1CCCN1C(=O)c1ccc(=O)n(Cc2ccccc2Cl)c1. The number of pyridine rings is 1. The average molecular weight is 382 g/mol. The van der Waals surface area contributed by atoms with Gasteiger partial charge in [0.25, 0.3) is 11.5 Å². The molecular weight excluding hydrogens is 361 g/mol. The molecule has 1 saturated heterocycles. The van der Waals surface area contributed by atoms with Gasteiger partial charge in [0, 0.05) is 36.4 Å². The van der Waals surface area contributed by atoms with E-state index in [1.54, 1.807) is 23.2 Å². The van der Waals surface area contributed by atoms with Crippen molar-refractivity contribution < 1.29 is 4.79 Å². The van der Waals surface area contributed by atoms with Crippen molar-refractivity contribution in [3.8, 4) is 0 Å². The summed E-state index contributed by atoms with van der Waals surface area (Å²) in [6.07, 6.45) is 3.51. The predicted molar refractivity (Wildman–Crippen MR) is 102 cm³/mol. The van der Waals surface area contributed by atoms with Gasteiger partial charge in [-0.05, 0) is 30.5 Å². The molecule has 134 valence electrons. The van der Waals surface area contributed by atoms with Gasteiger partial charge in [-0.3, -0.25) is 9.59 Å². The lowest BCUT2D eigenvalue weighted by Crippen LogP contribution is -2.40. The van der Waals surface area contributed by atoms with Crippen LogP contribution >= 0.6 is 24.0 Å². The van der Waals surface area contributed by atoms with Crippen molar-refractivity contribution in [2.75, 3.05) is 13.1 Å². The minimum atomic E-state index is -0.164. The average Bonchev–Trinajstić information content (AvgIpc) is 3.07. The Hall–Kier alpha value is -1.82. The van der Waals surface area contributed by atoms with Crippen molar-refractivity contribution in [3.63, 3.8) is 0 Å². The predicted octanol–water partition coefficient (Wildman–Crippen LogP) is 2.54. The van der Waals surface area contributed by atoms with Crippen molar-refractivity contribution in [2.24, 2.45) is 5.73 Å². The number of hydrogen-bond donors (Lipinski definition) is 1. The summed E-state index contributed by atoms with van der Waals surface area (Å²) in [6.45, 7) is 1.51. The number of carbonyl (C=O) groups excluding carboxylic acids is 1. The normalized spacial score (nSPS) is 16.6. The number of rotatable bonds is 4. The molecule has 2 N–H and O–H groups in total. The Morgan fingerprint density at radius 3 is 2.72 bits per heavy atom. The molecule has 0 spiro atoms. The minimum absolute atomic E-state index is 0. The van der Waals surface area contributed by atoms with Gasteiger partial charge in [-0.2, -0.15) is 0 Å². The van der Waals surface area contributed by atoms with Crippen LogP contribution in [0.2, 0.25) is 5.02 Å². The molecule has 25 heavy (non-hydrogen) atoms. The van der Waals surface area contributed by atoms with Gasteiger partial charge >= 0.3 is 0 Å². The van der Waals surface area contributed by atoms with E-state index in [0.29, 0.717) is 30.2 Å². The van der Waals surface area contributed by atoms with E-state index >= 15 is 0 Å². The van der Waals surface area contributed by atoms with Crippen LogP contribution in [0.4, 0.5) is 0 Å². The van der Waals surface area contributed by atoms with Crippen LogP contribution in [-0.2, 0) is 6.54 Å². The van der Waals surface area contributed by atoms with Crippen molar-refractivity contribution in [1.82, 2.24) is 9.47 Å². The van der Waals surface area contributed by atoms with E-state index in [1.165, 1.54) is 10.6 Å². The van der Waals surface area contributed by atoms with Crippen molar-refractivity contribution in [2.45, 2.75) is 25.4 Å². The Balaban J connectivity index is 0.00000225. The summed E-state index contributed by atoms with van der Waals surface area (Å²) >= 11 is 6.17. The number of hydrogen-bond acceptors (Lipinski definition) is 3. The molecule has 2 aromatic rings. The molecule has 0 radical (unpaired) electrons. The largest absolute Gasteiger partial charge is 0.334 e. The van der Waals surface area contributed by atoms with Gasteiger partial charge in [0.2, 0.25) is 0 Å². The van der Waals surface area contributed by atoms with Crippen LogP contribution in [0.5, 0.6) is 0 Å². The first kappa shape index (κ1) is 19.5. The molecule has 5 nitrogen and oxygen atoms in total.